The van der Waals surface area contributed by atoms with Gasteiger partial charge in [0, 0.05) is 23.0 Å². The summed E-state index contributed by atoms with van der Waals surface area (Å²) in [4.78, 5) is 23.8. The van der Waals surface area contributed by atoms with Crippen LogP contribution < -0.4 is 10.2 Å². The molecule has 0 aromatic heterocycles. The van der Waals surface area contributed by atoms with E-state index in [0.29, 0.717) is 25.9 Å². The molecule has 21 heavy (non-hydrogen) atoms. The van der Waals surface area contributed by atoms with Crippen molar-refractivity contribution in [2.45, 2.75) is 19.4 Å². The van der Waals surface area contributed by atoms with E-state index >= 15 is 0 Å². The molecule has 0 saturated heterocycles. The van der Waals surface area contributed by atoms with Crippen LogP contribution in [0.5, 0.6) is 0 Å². The van der Waals surface area contributed by atoms with Gasteiger partial charge in [-0.05, 0) is 18.6 Å². The van der Waals surface area contributed by atoms with Gasteiger partial charge < -0.3 is 15.0 Å². The molecule has 5 nitrogen and oxygen atoms in total. The Hall–Kier alpha value is -1.40. The fourth-order valence-electron chi connectivity index (χ4n) is 1.91. The first-order valence-electron chi connectivity index (χ1n) is 6.90. The van der Waals surface area contributed by atoms with E-state index in [1.807, 2.05) is 31.3 Å². The standard InChI is InChI=1S/C15H21BrN2O3/c1-18(10-12-5-7-13(16)8-6-12)11-14(19)17-9-3-4-15(20)21-2/h5-8H,3-4,9-11H2,1-2H3,(H,17,19)/p+1. The van der Waals surface area contributed by atoms with Gasteiger partial charge in [0.15, 0.2) is 6.54 Å². The summed E-state index contributed by atoms with van der Waals surface area (Å²) in [6.07, 6.45) is 0.933. The number of amides is 1. The molecule has 1 atom stereocenters. The molecule has 0 radical (unpaired) electrons. The highest BCUT2D eigenvalue weighted by Gasteiger charge is 2.10. The fraction of sp³-hybridized carbons (Fsp3) is 0.467. The van der Waals surface area contributed by atoms with Crippen molar-refractivity contribution in [3.63, 3.8) is 0 Å². The van der Waals surface area contributed by atoms with Gasteiger partial charge in [-0.3, -0.25) is 9.59 Å². The fourth-order valence-corrected chi connectivity index (χ4v) is 2.18. The van der Waals surface area contributed by atoms with Gasteiger partial charge in [-0.1, -0.05) is 28.1 Å². The number of carbonyl (C=O) groups excluding carboxylic acids is 2. The summed E-state index contributed by atoms with van der Waals surface area (Å²) in [5.74, 6) is -0.253. The van der Waals surface area contributed by atoms with E-state index in [1.54, 1.807) is 0 Å². The third-order valence-corrected chi connectivity index (χ3v) is 3.52. The minimum atomic E-state index is -0.248. The van der Waals surface area contributed by atoms with Crippen LogP contribution in [-0.2, 0) is 20.9 Å². The van der Waals surface area contributed by atoms with E-state index in [1.165, 1.54) is 12.7 Å². The first-order valence-corrected chi connectivity index (χ1v) is 7.70. The number of ether oxygens (including phenoxy) is 1. The molecule has 0 bridgehead atoms. The van der Waals surface area contributed by atoms with E-state index < -0.39 is 0 Å². The molecule has 2 N–H and O–H groups in total. The van der Waals surface area contributed by atoms with Crippen molar-refractivity contribution in [3.8, 4) is 0 Å². The third kappa shape index (κ3) is 7.82. The van der Waals surface area contributed by atoms with Crippen LogP contribution >= 0.6 is 15.9 Å². The third-order valence-electron chi connectivity index (χ3n) is 2.99. The largest absolute Gasteiger partial charge is 0.469 e. The molecule has 0 saturated carbocycles. The van der Waals surface area contributed by atoms with E-state index in [-0.39, 0.29) is 11.9 Å². The molecule has 0 fully saturated rings. The highest BCUT2D eigenvalue weighted by molar-refractivity contribution is 9.10. The Morgan fingerprint density at radius 3 is 2.57 bits per heavy atom. The number of carbonyl (C=O) groups is 2. The molecular formula is C15H22BrN2O3+. The molecule has 0 heterocycles. The molecule has 1 amide bonds. The predicted octanol–water partition coefficient (Wildman–Crippen LogP) is 0.533. The van der Waals surface area contributed by atoms with Crippen LogP contribution in [-0.4, -0.2) is 39.1 Å². The Labute approximate surface area is 133 Å². The van der Waals surface area contributed by atoms with Gasteiger partial charge in [0.2, 0.25) is 0 Å². The average molecular weight is 358 g/mol. The average Bonchev–Trinajstić information content (AvgIpc) is 2.45. The lowest BCUT2D eigenvalue weighted by Gasteiger charge is -2.14. The molecule has 6 heteroatoms. The molecular weight excluding hydrogens is 336 g/mol. The van der Waals surface area contributed by atoms with Gasteiger partial charge in [0.25, 0.3) is 5.91 Å². The van der Waals surface area contributed by atoms with Gasteiger partial charge in [-0.15, -0.1) is 0 Å². The number of likely N-dealkylation sites (N-methyl/N-ethyl adjacent to an activating group) is 1. The van der Waals surface area contributed by atoms with Crippen molar-refractivity contribution < 1.29 is 19.2 Å². The zero-order valence-corrected chi connectivity index (χ0v) is 14.0. The number of rotatable bonds is 8. The highest BCUT2D eigenvalue weighted by Crippen LogP contribution is 2.09. The minimum Gasteiger partial charge on any atom is -0.469 e. The van der Waals surface area contributed by atoms with E-state index in [0.717, 1.165) is 15.9 Å². The Kier molecular flexibility index (Phi) is 8.00. The van der Waals surface area contributed by atoms with Crippen molar-refractivity contribution in [1.82, 2.24) is 5.32 Å². The normalized spacial score (nSPS) is 11.8. The summed E-state index contributed by atoms with van der Waals surface area (Å²) >= 11 is 3.40. The van der Waals surface area contributed by atoms with E-state index in [4.69, 9.17) is 0 Å². The maximum atomic E-state index is 11.8. The molecule has 116 valence electrons. The first-order chi connectivity index (χ1) is 10.0. The number of nitrogens with one attached hydrogen (secondary N) is 2. The Bertz CT molecular complexity index is 462. The lowest BCUT2D eigenvalue weighted by molar-refractivity contribution is -0.885. The predicted molar refractivity (Wildman–Crippen MR) is 83.9 cm³/mol. The summed E-state index contributed by atoms with van der Waals surface area (Å²) in [6, 6.07) is 8.08. The SMILES string of the molecule is COC(=O)CCCNC(=O)C[NH+](C)Cc1ccc(Br)cc1. The monoisotopic (exact) mass is 357 g/mol. The second-order valence-electron chi connectivity index (χ2n) is 4.97. The molecule has 0 spiro atoms. The van der Waals surface area contributed by atoms with Crippen LogP contribution in [0.25, 0.3) is 0 Å². The highest BCUT2D eigenvalue weighted by atomic mass is 79.9. The van der Waals surface area contributed by atoms with Crippen LogP contribution in [0.15, 0.2) is 28.7 Å². The molecule has 1 aromatic rings. The van der Waals surface area contributed by atoms with Crippen molar-refractivity contribution in [3.05, 3.63) is 34.3 Å². The van der Waals surface area contributed by atoms with Crippen molar-refractivity contribution in [1.29, 1.82) is 0 Å². The quantitative estimate of drug-likeness (QED) is 0.527. The summed E-state index contributed by atoms with van der Waals surface area (Å²) in [7, 11) is 3.34. The number of esters is 1. The Morgan fingerprint density at radius 2 is 1.95 bits per heavy atom. The number of halogens is 1. The van der Waals surface area contributed by atoms with Crippen LogP contribution in [0, 0.1) is 0 Å². The van der Waals surface area contributed by atoms with Crippen LogP contribution in [0.3, 0.4) is 0 Å². The van der Waals surface area contributed by atoms with Crippen LogP contribution in [0.2, 0.25) is 0 Å². The number of benzene rings is 1. The first kappa shape index (κ1) is 17.7. The zero-order valence-electron chi connectivity index (χ0n) is 12.4. The lowest BCUT2D eigenvalue weighted by atomic mass is 10.2. The van der Waals surface area contributed by atoms with E-state index in [9.17, 15) is 9.59 Å². The maximum Gasteiger partial charge on any atom is 0.305 e. The molecule has 1 aromatic carbocycles. The molecule has 0 aliphatic carbocycles. The molecule has 0 aliphatic rings. The number of quaternary nitrogens is 1. The van der Waals surface area contributed by atoms with Gasteiger partial charge in [-0.2, -0.15) is 0 Å². The topological polar surface area (TPSA) is 59.8 Å². The lowest BCUT2D eigenvalue weighted by Crippen LogP contribution is -3.08. The Balaban J connectivity index is 2.21. The summed E-state index contributed by atoms with van der Waals surface area (Å²) < 4.78 is 5.59. The van der Waals surface area contributed by atoms with Gasteiger partial charge in [-0.25, -0.2) is 0 Å². The van der Waals surface area contributed by atoms with Crippen molar-refractivity contribution in [2.24, 2.45) is 0 Å². The van der Waals surface area contributed by atoms with Crippen LogP contribution in [0.4, 0.5) is 0 Å². The second kappa shape index (κ2) is 9.52. The van der Waals surface area contributed by atoms with E-state index in [2.05, 4.69) is 26.0 Å². The van der Waals surface area contributed by atoms with Crippen LogP contribution in [0.1, 0.15) is 18.4 Å². The summed E-state index contributed by atoms with van der Waals surface area (Å²) in [6.45, 7) is 1.71. The van der Waals surface area contributed by atoms with Gasteiger partial charge in [0.05, 0.1) is 14.2 Å². The summed E-state index contributed by atoms with van der Waals surface area (Å²) in [5, 5.41) is 2.81. The number of methoxy groups -OCH3 is 1. The molecule has 1 unspecified atom stereocenters. The zero-order chi connectivity index (χ0) is 15.7. The van der Waals surface area contributed by atoms with Crippen molar-refractivity contribution >= 4 is 27.8 Å². The van der Waals surface area contributed by atoms with Gasteiger partial charge >= 0.3 is 5.97 Å². The maximum absolute atomic E-state index is 11.8. The second-order valence-corrected chi connectivity index (χ2v) is 5.88. The van der Waals surface area contributed by atoms with Crippen molar-refractivity contribution in [2.75, 3.05) is 27.2 Å². The number of hydrogen-bond acceptors (Lipinski definition) is 3. The minimum absolute atomic E-state index is 0.00511. The smallest absolute Gasteiger partial charge is 0.305 e. The van der Waals surface area contributed by atoms with Gasteiger partial charge in [0.1, 0.15) is 6.54 Å². The molecule has 0 aliphatic heterocycles. The number of hydrogen-bond donors (Lipinski definition) is 2. The Morgan fingerprint density at radius 1 is 1.29 bits per heavy atom. The summed E-state index contributed by atoms with van der Waals surface area (Å²) in [5.41, 5.74) is 1.19. The molecule has 1 rings (SSSR count).